The molecule has 2 N–H and O–H groups in total. The highest BCUT2D eigenvalue weighted by molar-refractivity contribution is 5.94. The molecule has 178 valence electrons. The van der Waals surface area contributed by atoms with Gasteiger partial charge in [-0.15, -0.1) is 0 Å². The minimum atomic E-state index is -0.832. The van der Waals surface area contributed by atoms with Crippen molar-refractivity contribution in [2.75, 3.05) is 18.9 Å². The fourth-order valence-electron chi connectivity index (χ4n) is 6.99. The lowest BCUT2D eigenvalue weighted by Crippen LogP contribution is -2.47. The SMILES string of the molecule is CN(CCC(C)(C)O)C(=O)c1cn2c(NC(=O)CC34CC5CC(CC(C5)C3)C4)cccc2n1. The second-order valence-corrected chi connectivity index (χ2v) is 11.7. The highest BCUT2D eigenvalue weighted by Gasteiger charge is 2.51. The number of anilines is 1. The maximum absolute atomic E-state index is 13.1. The molecule has 2 heterocycles. The van der Waals surface area contributed by atoms with Gasteiger partial charge in [0.25, 0.3) is 5.91 Å². The summed E-state index contributed by atoms with van der Waals surface area (Å²) >= 11 is 0. The van der Waals surface area contributed by atoms with E-state index in [1.165, 1.54) is 38.5 Å². The number of aliphatic hydroxyl groups is 1. The second kappa shape index (κ2) is 8.12. The van der Waals surface area contributed by atoms with Gasteiger partial charge in [-0.2, -0.15) is 0 Å². The zero-order valence-corrected chi connectivity index (χ0v) is 20.0. The molecule has 4 bridgehead atoms. The van der Waals surface area contributed by atoms with E-state index in [-0.39, 0.29) is 17.2 Å². The number of hydrogen-bond donors (Lipinski definition) is 2. The lowest BCUT2D eigenvalue weighted by atomic mass is 9.49. The lowest BCUT2D eigenvalue weighted by Gasteiger charge is -2.56. The predicted molar refractivity (Wildman–Crippen MR) is 127 cm³/mol. The average Bonchev–Trinajstić information content (AvgIpc) is 3.15. The summed E-state index contributed by atoms with van der Waals surface area (Å²) in [6, 6.07) is 5.55. The van der Waals surface area contributed by atoms with Gasteiger partial charge in [-0.25, -0.2) is 4.98 Å². The summed E-state index contributed by atoms with van der Waals surface area (Å²) in [5.74, 6) is 2.98. The summed E-state index contributed by atoms with van der Waals surface area (Å²) in [5.41, 5.74) is 0.311. The Kier molecular flexibility index (Phi) is 5.51. The van der Waals surface area contributed by atoms with Gasteiger partial charge in [-0.05, 0) is 94.1 Å². The van der Waals surface area contributed by atoms with Crippen LogP contribution in [0.3, 0.4) is 0 Å². The largest absolute Gasteiger partial charge is 0.390 e. The smallest absolute Gasteiger partial charge is 0.273 e. The molecule has 0 spiro atoms. The van der Waals surface area contributed by atoms with Crippen LogP contribution in [0.25, 0.3) is 5.65 Å². The van der Waals surface area contributed by atoms with Gasteiger partial charge < -0.3 is 15.3 Å². The van der Waals surface area contributed by atoms with Gasteiger partial charge in [0.2, 0.25) is 5.91 Å². The molecule has 0 aromatic carbocycles. The van der Waals surface area contributed by atoms with Crippen LogP contribution >= 0.6 is 0 Å². The van der Waals surface area contributed by atoms with E-state index >= 15 is 0 Å². The Morgan fingerprint density at radius 2 is 1.82 bits per heavy atom. The molecule has 33 heavy (non-hydrogen) atoms. The Hall–Kier alpha value is -2.41. The quantitative estimate of drug-likeness (QED) is 0.662. The predicted octanol–water partition coefficient (Wildman–Crippen LogP) is 4.11. The molecule has 4 aliphatic carbocycles. The van der Waals surface area contributed by atoms with Crippen molar-refractivity contribution >= 4 is 23.3 Å². The first-order chi connectivity index (χ1) is 15.6. The number of carbonyl (C=O) groups excluding carboxylic acids is 2. The number of fused-ring (bicyclic) bond motifs is 1. The van der Waals surface area contributed by atoms with Crippen molar-refractivity contribution in [2.24, 2.45) is 23.2 Å². The third-order valence-corrected chi connectivity index (χ3v) is 8.09. The van der Waals surface area contributed by atoms with Crippen molar-refractivity contribution in [1.82, 2.24) is 14.3 Å². The molecule has 4 aliphatic rings. The summed E-state index contributed by atoms with van der Waals surface area (Å²) in [7, 11) is 1.71. The van der Waals surface area contributed by atoms with Gasteiger partial charge in [0.05, 0.1) is 5.60 Å². The van der Waals surface area contributed by atoms with Crippen molar-refractivity contribution in [2.45, 2.75) is 70.8 Å². The van der Waals surface area contributed by atoms with Gasteiger partial charge in [-0.3, -0.25) is 14.0 Å². The van der Waals surface area contributed by atoms with E-state index in [4.69, 9.17) is 0 Å². The summed E-state index contributed by atoms with van der Waals surface area (Å²) in [6.45, 7) is 3.90. The van der Waals surface area contributed by atoms with Crippen molar-refractivity contribution in [3.63, 3.8) is 0 Å². The maximum atomic E-state index is 13.1. The highest BCUT2D eigenvalue weighted by atomic mass is 16.3. The minimum absolute atomic E-state index is 0.0633. The first kappa shape index (κ1) is 22.4. The number of rotatable bonds is 7. The Morgan fingerprint density at radius 3 is 2.42 bits per heavy atom. The summed E-state index contributed by atoms with van der Waals surface area (Å²) in [4.78, 5) is 32.0. The van der Waals surface area contributed by atoms with Crippen molar-refractivity contribution in [1.29, 1.82) is 0 Å². The van der Waals surface area contributed by atoms with Crippen LogP contribution in [0.4, 0.5) is 5.82 Å². The molecular formula is C26H36N4O3. The van der Waals surface area contributed by atoms with Crippen molar-refractivity contribution < 1.29 is 14.7 Å². The molecule has 2 aromatic rings. The molecule has 4 saturated carbocycles. The second-order valence-electron chi connectivity index (χ2n) is 11.7. The topological polar surface area (TPSA) is 86.9 Å². The van der Waals surface area contributed by atoms with Crippen LogP contribution in [0, 0.1) is 23.2 Å². The van der Waals surface area contributed by atoms with Crippen LogP contribution in [0.5, 0.6) is 0 Å². The van der Waals surface area contributed by atoms with E-state index in [1.807, 2.05) is 18.2 Å². The van der Waals surface area contributed by atoms with Crippen LogP contribution in [0.2, 0.25) is 0 Å². The summed E-state index contributed by atoms with van der Waals surface area (Å²) in [5, 5.41) is 13.1. The number of aromatic nitrogens is 2. The van der Waals surface area contributed by atoms with Crippen molar-refractivity contribution in [3.8, 4) is 0 Å². The van der Waals surface area contributed by atoms with E-state index in [0.29, 0.717) is 36.5 Å². The Morgan fingerprint density at radius 1 is 1.18 bits per heavy atom. The van der Waals surface area contributed by atoms with Gasteiger partial charge in [0.1, 0.15) is 17.2 Å². The molecule has 0 unspecified atom stereocenters. The molecule has 0 aliphatic heterocycles. The molecular weight excluding hydrogens is 416 g/mol. The minimum Gasteiger partial charge on any atom is -0.390 e. The molecule has 7 heteroatoms. The molecule has 6 rings (SSSR count). The van der Waals surface area contributed by atoms with Crippen LogP contribution in [0.15, 0.2) is 24.4 Å². The van der Waals surface area contributed by atoms with E-state index in [9.17, 15) is 14.7 Å². The van der Waals surface area contributed by atoms with E-state index < -0.39 is 5.60 Å². The molecule has 0 radical (unpaired) electrons. The van der Waals surface area contributed by atoms with E-state index in [2.05, 4.69) is 10.3 Å². The van der Waals surface area contributed by atoms with E-state index in [1.54, 1.807) is 36.4 Å². The molecule has 2 amide bonds. The number of carbonyl (C=O) groups is 2. The zero-order chi connectivity index (χ0) is 23.4. The summed E-state index contributed by atoms with van der Waals surface area (Å²) < 4.78 is 1.79. The molecule has 7 nitrogen and oxygen atoms in total. The van der Waals surface area contributed by atoms with Crippen LogP contribution in [0.1, 0.15) is 75.7 Å². The number of hydrogen-bond acceptors (Lipinski definition) is 4. The zero-order valence-electron chi connectivity index (χ0n) is 20.0. The molecule has 0 saturated heterocycles. The van der Waals surface area contributed by atoms with Crippen LogP contribution in [-0.4, -0.2) is 50.4 Å². The van der Waals surface area contributed by atoms with Gasteiger partial charge >= 0.3 is 0 Å². The lowest BCUT2D eigenvalue weighted by molar-refractivity contribution is -0.124. The monoisotopic (exact) mass is 452 g/mol. The third kappa shape index (κ3) is 4.65. The Labute approximate surface area is 195 Å². The number of pyridine rings is 1. The van der Waals surface area contributed by atoms with Gasteiger partial charge in [-0.1, -0.05) is 6.07 Å². The fourth-order valence-corrected chi connectivity index (χ4v) is 6.99. The molecule has 0 atom stereocenters. The Bertz CT molecular complexity index is 1030. The first-order valence-electron chi connectivity index (χ1n) is 12.3. The van der Waals surface area contributed by atoms with Crippen LogP contribution < -0.4 is 5.32 Å². The molecule has 2 aromatic heterocycles. The average molecular weight is 453 g/mol. The van der Waals surface area contributed by atoms with Gasteiger partial charge in [0.15, 0.2) is 0 Å². The number of amides is 2. The number of imidazole rings is 1. The Balaban J connectivity index is 1.28. The standard InChI is InChI=1S/C26H36N4O3/c1-25(2,33)7-8-29(3)24(32)20-16-30-21(27-20)5-4-6-22(30)28-23(31)15-26-12-17-9-18(13-26)11-19(10-17)14-26/h4-6,16-19,33H,7-15H2,1-3H3,(H,28,31). The maximum Gasteiger partial charge on any atom is 0.273 e. The number of nitrogens with one attached hydrogen (secondary N) is 1. The third-order valence-electron chi connectivity index (χ3n) is 8.09. The van der Waals surface area contributed by atoms with Crippen LogP contribution in [-0.2, 0) is 4.79 Å². The van der Waals surface area contributed by atoms with E-state index in [0.717, 1.165) is 17.8 Å². The normalized spacial score (nSPS) is 28.3. The molecule has 4 fully saturated rings. The first-order valence-corrected chi connectivity index (χ1v) is 12.3. The van der Waals surface area contributed by atoms with Crippen molar-refractivity contribution in [3.05, 3.63) is 30.1 Å². The summed E-state index contributed by atoms with van der Waals surface area (Å²) in [6.07, 6.45) is 10.5. The highest BCUT2D eigenvalue weighted by Crippen LogP contribution is 2.61. The fraction of sp³-hybridized carbons (Fsp3) is 0.654. The number of nitrogens with zero attached hydrogens (tertiary/aromatic N) is 3. The van der Waals surface area contributed by atoms with Gasteiger partial charge in [0, 0.05) is 26.2 Å².